The quantitative estimate of drug-likeness (QED) is 0.847. The third kappa shape index (κ3) is 1.93. The van der Waals surface area contributed by atoms with Crippen molar-refractivity contribution in [3.63, 3.8) is 0 Å². The van der Waals surface area contributed by atoms with E-state index in [4.69, 9.17) is 4.99 Å². The van der Waals surface area contributed by atoms with Crippen LogP contribution in [0.5, 0.6) is 0 Å². The van der Waals surface area contributed by atoms with Gasteiger partial charge in [-0.2, -0.15) is 0 Å². The molecule has 1 spiro atoms. The van der Waals surface area contributed by atoms with Gasteiger partial charge in [-0.1, -0.05) is 57.2 Å². The predicted octanol–water partition coefficient (Wildman–Crippen LogP) is 4.00. The standard InChI is InChI=1S/C22H24N2O2/c1-14-15(2)23-22(21(14,3)4)17-12-8-9-13-18(17)24(20(22)26)19(25)16-10-6-5-7-11-16/h5-14,20,26H,1-4H3. The van der Waals surface area contributed by atoms with Crippen molar-refractivity contribution in [1.29, 1.82) is 0 Å². The lowest BCUT2D eigenvalue weighted by atomic mass is 9.64. The Morgan fingerprint density at radius 2 is 1.69 bits per heavy atom. The number of fused-ring (bicyclic) bond motifs is 2. The van der Waals surface area contributed by atoms with Gasteiger partial charge < -0.3 is 5.11 Å². The van der Waals surface area contributed by atoms with Crippen LogP contribution in [0.2, 0.25) is 0 Å². The number of hydrogen-bond donors (Lipinski definition) is 1. The molecule has 4 rings (SSSR count). The van der Waals surface area contributed by atoms with E-state index in [1.807, 2.05) is 49.4 Å². The largest absolute Gasteiger partial charge is 0.370 e. The molecule has 2 aromatic rings. The number of para-hydroxylation sites is 1. The van der Waals surface area contributed by atoms with Crippen LogP contribution >= 0.6 is 0 Å². The first-order valence-electron chi connectivity index (χ1n) is 9.05. The fourth-order valence-electron chi connectivity index (χ4n) is 4.57. The molecule has 0 bridgehead atoms. The van der Waals surface area contributed by atoms with E-state index in [-0.39, 0.29) is 17.2 Å². The number of aliphatic hydroxyl groups is 1. The highest BCUT2D eigenvalue weighted by molar-refractivity contribution is 6.08. The lowest BCUT2D eigenvalue weighted by Gasteiger charge is -2.42. The minimum absolute atomic E-state index is 0.203. The SMILES string of the molecule is CC1=NC2(c3ccccc3N(C(=O)c3ccccc3)C2O)C(C)(C)C1C. The number of rotatable bonds is 1. The molecule has 4 nitrogen and oxygen atoms in total. The van der Waals surface area contributed by atoms with E-state index in [0.29, 0.717) is 5.56 Å². The normalized spacial score (nSPS) is 29.0. The molecular formula is C22H24N2O2. The maximum absolute atomic E-state index is 13.3. The van der Waals surface area contributed by atoms with Gasteiger partial charge in [0.05, 0.1) is 5.69 Å². The summed E-state index contributed by atoms with van der Waals surface area (Å²) in [6, 6.07) is 16.8. The molecule has 0 fully saturated rings. The maximum Gasteiger partial charge on any atom is 0.260 e. The Morgan fingerprint density at radius 3 is 2.31 bits per heavy atom. The smallest absolute Gasteiger partial charge is 0.260 e. The van der Waals surface area contributed by atoms with Crippen molar-refractivity contribution in [2.24, 2.45) is 16.3 Å². The van der Waals surface area contributed by atoms with E-state index in [9.17, 15) is 9.90 Å². The zero-order chi connectivity index (χ0) is 18.7. The van der Waals surface area contributed by atoms with Crippen molar-refractivity contribution in [3.05, 3.63) is 65.7 Å². The Balaban J connectivity index is 1.93. The molecule has 26 heavy (non-hydrogen) atoms. The molecule has 0 aliphatic carbocycles. The monoisotopic (exact) mass is 348 g/mol. The van der Waals surface area contributed by atoms with E-state index in [1.54, 1.807) is 12.1 Å². The van der Waals surface area contributed by atoms with Gasteiger partial charge in [0.25, 0.3) is 5.91 Å². The zero-order valence-electron chi connectivity index (χ0n) is 15.6. The number of carbonyl (C=O) groups is 1. The predicted molar refractivity (Wildman–Crippen MR) is 103 cm³/mol. The maximum atomic E-state index is 13.3. The van der Waals surface area contributed by atoms with Crippen LogP contribution in [0, 0.1) is 11.3 Å². The molecule has 0 aromatic heterocycles. The van der Waals surface area contributed by atoms with Gasteiger partial charge in [0.2, 0.25) is 0 Å². The van der Waals surface area contributed by atoms with Gasteiger partial charge in [-0.15, -0.1) is 0 Å². The van der Waals surface area contributed by atoms with Gasteiger partial charge in [-0.25, -0.2) is 0 Å². The molecule has 2 aliphatic heterocycles. The summed E-state index contributed by atoms with van der Waals surface area (Å²) in [5.74, 6) is 0.00242. The summed E-state index contributed by atoms with van der Waals surface area (Å²) in [5, 5.41) is 11.5. The third-order valence-corrected chi connectivity index (χ3v) is 6.48. The van der Waals surface area contributed by atoms with E-state index in [1.165, 1.54) is 4.90 Å². The molecule has 0 saturated carbocycles. The van der Waals surface area contributed by atoms with Crippen molar-refractivity contribution in [3.8, 4) is 0 Å². The first kappa shape index (κ1) is 17.0. The average Bonchev–Trinajstić information content (AvgIpc) is 3.00. The van der Waals surface area contributed by atoms with Gasteiger partial charge in [0, 0.05) is 28.2 Å². The van der Waals surface area contributed by atoms with E-state index >= 15 is 0 Å². The Morgan fingerprint density at radius 1 is 1.08 bits per heavy atom. The fraction of sp³-hybridized carbons (Fsp3) is 0.364. The first-order chi connectivity index (χ1) is 12.3. The summed E-state index contributed by atoms with van der Waals surface area (Å²) in [6.45, 7) is 8.42. The van der Waals surface area contributed by atoms with Crippen molar-refractivity contribution in [2.75, 3.05) is 4.90 Å². The average molecular weight is 348 g/mol. The molecule has 0 radical (unpaired) electrons. The van der Waals surface area contributed by atoms with Crippen LogP contribution in [-0.2, 0) is 5.54 Å². The van der Waals surface area contributed by atoms with Crippen LogP contribution in [0.15, 0.2) is 59.6 Å². The highest BCUT2D eigenvalue weighted by Crippen LogP contribution is 2.61. The summed E-state index contributed by atoms with van der Waals surface area (Å²) >= 11 is 0. The highest BCUT2D eigenvalue weighted by Gasteiger charge is 2.65. The second-order valence-electron chi connectivity index (χ2n) is 7.89. The van der Waals surface area contributed by atoms with Crippen LogP contribution in [-0.4, -0.2) is 23.0 Å². The van der Waals surface area contributed by atoms with Crippen molar-refractivity contribution >= 4 is 17.3 Å². The third-order valence-electron chi connectivity index (χ3n) is 6.48. The van der Waals surface area contributed by atoms with Crippen LogP contribution in [0.3, 0.4) is 0 Å². The topological polar surface area (TPSA) is 52.9 Å². The molecule has 1 amide bonds. The Bertz CT molecular complexity index is 903. The van der Waals surface area contributed by atoms with Gasteiger partial charge >= 0.3 is 0 Å². The van der Waals surface area contributed by atoms with Crippen molar-refractivity contribution < 1.29 is 9.90 Å². The number of carbonyl (C=O) groups excluding carboxylic acids is 1. The Labute approximate surface area is 154 Å². The van der Waals surface area contributed by atoms with Crippen LogP contribution in [0.25, 0.3) is 0 Å². The molecule has 2 aromatic carbocycles. The summed E-state index contributed by atoms with van der Waals surface area (Å²) in [6.07, 6.45) is -1.04. The summed E-state index contributed by atoms with van der Waals surface area (Å²) in [7, 11) is 0. The van der Waals surface area contributed by atoms with Crippen LogP contribution < -0.4 is 4.90 Å². The number of aliphatic imine (C=N–C) groups is 1. The molecule has 2 heterocycles. The molecule has 0 saturated heterocycles. The minimum Gasteiger partial charge on any atom is -0.370 e. The van der Waals surface area contributed by atoms with E-state index in [2.05, 4.69) is 20.8 Å². The van der Waals surface area contributed by atoms with Gasteiger partial charge in [0.1, 0.15) is 5.54 Å². The van der Waals surface area contributed by atoms with Crippen LogP contribution in [0.1, 0.15) is 43.6 Å². The number of amides is 1. The summed E-state index contributed by atoms with van der Waals surface area (Å²) in [5.41, 5.74) is 2.06. The summed E-state index contributed by atoms with van der Waals surface area (Å²) in [4.78, 5) is 19.7. The molecule has 134 valence electrons. The van der Waals surface area contributed by atoms with Gasteiger partial charge in [-0.3, -0.25) is 14.7 Å². The molecule has 3 atom stereocenters. The molecule has 3 unspecified atom stereocenters. The Hall–Kier alpha value is -2.46. The number of hydrogen-bond acceptors (Lipinski definition) is 3. The van der Waals surface area contributed by atoms with Crippen LogP contribution in [0.4, 0.5) is 5.69 Å². The number of aliphatic hydroxyl groups excluding tert-OH is 1. The molecular weight excluding hydrogens is 324 g/mol. The lowest BCUT2D eigenvalue weighted by Crippen LogP contribution is -2.53. The molecule has 2 aliphatic rings. The number of anilines is 1. The molecule has 1 N–H and O–H groups in total. The second-order valence-corrected chi connectivity index (χ2v) is 7.89. The zero-order valence-corrected chi connectivity index (χ0v) is 15.6. The lowest BCUT2D eigenvalue weighted by molar-refractivity contribution is 0.0140. The van der Waals surface area contributed by atoms with E-state index in [0.717, 1.165) is 17.0 Å². The fourth-order valence-corrected chi connectivity index (χ4v) is 4.57. The summed E-state index contributed by atoms with van der Waals surface area (Å²) < 4.78 is 0. The van der Waals surface area contributed by atoms with E-state index < -0.39 is 11.8 Å². The minimum atomic E-state index is -1.04. The van der Waals surface area contributed by atoms with Crippen molar-refractivity contribution in [1.82, 2.24) is 0 Å². The Kier molecular flexibility index (Phi) is 3.60. The van der Waals surface area contributed by atoms with Crippen molar-refractivity contribution in [2.45, 2.75) is 39.5 Å². The highest BCUT2D eigenvalue weighted by atomic mass is 16.3. The second kappa shape index (κ2) is 5.52. The van der Waals surface area contributed by atoms with Gasteiger partial charge in [-0.05, 0) is 25.1 Å². The number of benzene rings is 2. The molecule has 4 heteroatoms. The number of nitrogens with zero attached hydrogens (tertiary/aromatic N) is 2. The first-order valence-corrected chi connectivity index (χ1v) is 9.05. The van der Waals surface area contributed by atoms with Gasteiger partial charge in [0.15, 0.2) is 6.23 Å².